The molecule has 0 atom stereocenters. The molecule has 78 valence electrons. The molecule has 3 nitrogen and oxygen atoms in total. The van der Waals surface area contributed by atoms with E-state index >= 15 is 0 Å². The molecule has 2 aromatic rings. The van der Waals surface area contributed by atoms with Gasteiger partial charge in [0.1, 0.15) is 0 Å². The summed E-state index contributed by atoms with van der Waals surface area (Å²) >= 11 is 12.1. The van der Waals surface area contributed by atoms with Gasteiger partial charge in [0.05, 0.1) is 21.4 Å². The number of pyridine rings is 1. The molecule has 15 heavy (non-hydrogen) atoms. The van der Waals surface area contributed by atoms with E-state index in [4.69, 9.17) is 23.2 Å². The molecule has 0 bridgehead atoms. The molecule has 3 rings (SSSR count). The summed E-state index contributed by atoms with van der Waals surface area (Å²) in [5.41, 5.74) is 3.09. The first-order valence-corrected chi connectivity index (χ1v) is 5.57. The molecule has 3 heterocycles. The minimum atomic E-state index is 0.608. The molecule has 0 fully saturated rings. The van der Waals surface area contributed by atoms with Gasteiger partial charge in [0.2, 0.25) is 0 Å². The van der Waals surface area contributed by atoms with Crippen LogP contribution in [0.25, 0.3) is 5.65 Å². The molecule has 0 unspecified atom stereocenters. The van der Waals surface area contributed by atoms with Crippen molar-refractivity contribution < 1.29 is 0 Å². The second-order valence-electron chi connectivity index (χ2n) is 3.63. The second-order valence-corrected chi connectivity index (χ2v) is 4.48. The molecular weight excluding hydrogens is 233 g/mol. The normalized spacial score (nSPS) is 15.6. The molecule has 0 aliphatic carbocycles. The molecule has 0 saturated heterocycles. The third-order valence-electron chi connectivity index (χ3n) is 2.65. The number of nitrogens with one attached hydrogen (secondary N) is 1. The minimum absolute atomic E-state index is 0.608. The first kappa shape index (κ1) is 9.46. The Hall–Kier alpha value is -0.770. The van der Waals surface area contributed by atoms with E-state index in [1.54, 1.807) is 6.07 Å². The number of fused-ring (bicyclic) bond motifs is 3. The maximum atomic E-state index is 6.09. The molecule has 0 saturated carbocycles. The van der Waals surface area contributed by atoms with Crippen molar-refractivity contribution in [2.24, 2.45) is 0 Å². The Balaban J connectivity index is 2.37. The highest BCUT2D eigenvalue weighted by molar-refractivity contribution is 6.36. The molecule has 1 N–H and O–H groups in total. The van der Waals surface area contributed by atoms with Crippen molar-refractivity contribution >= 4 is 28.8 Å². The number of imidazole rings is 1. The molecule has 0 spiro atoms. The van der Waals surface area contributed by atoms with Gasteiger partial charge in [0.15, 0.2) is 5.65 Å². The van der Waals surface area contributed by atoms with Crippen molar-refractivity contribution in [3.8, 4) is 0 Å². The van der Waals surface area contributed by atoms with Gasteiger partial charge in [-0.2, -0.15) is 0 Å². The lowest BCUT2D eigenvalue weighted by atomic mass is 10.2. The second kappa shape index (κ2) is 3.37. The van der Waals surface area contributed by atoms with E-state index < -0.39 is 0 Å². The van der Waals surface area contributed by atoms with Gasteiger partial charge < -0.3 is 5.32 Å². The highest BCUT2D eigenvalue weighted by Gasteiger charge is 2.17. The van der Waals surface area contributed by atoms with Crippen LogP contribution in [0.3, 0.4) is 0 Å². The quantitative estimate of drug-likeness (QED) is 0.767. The first-order valence-electron chi connectivity index (χ1n) is 4.81. The van der Waals surface area contributed by atoms with Crippen molar-refractivity contribution in [1.82, 2.24) is 14.7 Å². The lowest BCUT2D eigenvalue weighted by molar-refractivity contribution is 0.621. The van der Waals surface area contributed by atoms with Gasteiger partial charge in [-0.1, -0.05) is 23.2 Å². The lowest BCUT2D eigenvalue weighted by Gasteiger charge is -2.12. The summed E-state index contributed by atoms with van der Waals surface area (Å²) in [5.74, 6) is 0. The number of rotatable bonds is 0. The van der Waals surface area contributed by atoms with Gasteiger partial charge in [-0.3, -0.25) is 4.40 Å². The van der Waals surface area contributed by atoms with Gasteiger partial charge in [0.25, 0.3) is 0 Å². The van der Waals surface area contributed by atoms with Crippen molar-refractivity contribution in [2.45, 2.75) is 13.0 Å². The van der Waals surface area contributed by atoms with Crippen LogP contribution in [0.1, 0.15) is 11.4 Å². The van der Waals surface area contributed by atoms with Crippen molar-refractivity contribution in [2.75, 3.05) is 6.54 Å². The summed E-state index contributed by atoms with van der Waals surface area (Å²) in [5, 5.41) is 4.56. The fraction of sp³-hybridized carbons (Fsp3) is 0.300. The van der Waals surface area contributed by atoms with Crippen LogP contribution in [-0.4, -0.2) is 15.9 Å². The van der Waals surface area contributed by atoms with Gasteiger partial charge in [-0.25, -0.2) is 4.98 Å². The fourth-order valence-corrected chi connectivity index (χ4v) is 2.48. The van der Waals surface area contributed by atoms with Crippen LogP contribution >= 0.6 is 23.2 Å². The van der Waals surface area contributed by atoms with Crippen LogP contribution in [0.15, 0.2) is 12.3 Å². The van der Waals surface area contributed by atoms with Gasteiger partial charge >= 0.3 is 0 Å². The summed E-state index contributed by atoms with van der Waals surface area (Å²) in [4.78, 5) is 4.53. The van der Waals surface area contributed by atoms with Gasteiger partial charge in [0, 0.05) is 25.7 Å². The van der Waals surface area contributed by atoms with Crippen LogP contribution in [0, 0.1) is 0 Å². The summed E-state index contributed by atoms with van der Waals surface area (Å²) in [6.07, 6.45) is 2.81. The Kier molecular flexibility index (Phi) is 2.12. The molecule has 0 aromatic carbocycles. The Morgan fingerprint density at radius 1 is 1.40 bits per heavy atom. The van der Waals surface area contributed by atoms with E-state index in [1.807, 2.05) is 10.6 Å². The van der Waals surface area contributed by atoms with Crippen LogP contribution < -0.4 is 5.32 Å². The zero-order valence-corrected chi connectivity index (χ0v) is 9.44. The fourth-order valence-electron chi connectivity index (χ4n) is 1.97. The van der Waals surface area contributed by atoms with E-state index in [9.17, 15) is 0 Å². The molecule has 0 amide bonds. The number of aromatic nitrogens is 2. The van der Waals surface area contributed by atoms with E-state index in [2.05, 4.69) is 10.3 Å². The Morgan fingerprint density at radius 3 is 3.13 bits per heavy atom. The minimum Gasteiger partial charge on any atom is -0.311 e. The molecular formula is C10H9Cl2N3. The lowest BCUT2D eigenvalue weighted by Crippen LogP contribution is -2.24. The van der Waals surface area contributed by atoms with Crippen molar-refractivity contribution in [1.29, 1.82) is 0 Å². The van der Waals surface area contributed by atoms with Gasteiger partial charge in [-0.15, -0.1) is 0 Å². The highest BCUT2D eigenvalue weighted by Crippen LogP contribution is 2.25. The third kappa shape index (κ3) is 1.42. The molecule has 1 aliphatic heterocycles. The summed E-state index contributed by atoms with van der Waals surface area (Å²) in [7, 11) is 0. The summed E-state index contributed by atoms with van der Waals surface area (Å²) in [6.45, 7) is 1.80. The average Bonchev–Trinajstić information content (AvgIpc) is 2.57. The average molecular weight is 242 g/mol. The smallest absolute Gasteiger partial charge is 0.156 e. The molecule has 1 aliphatic rings. The molecule has 0 radical (unpaired) electrons. The SMILES string of the molecule is Clc1cc(Cl)c2nc3c(n2c1)CNCC3. The number of halogens is 2. The molecule has 2 aromatic heterocycles. The number of hydrogen-bond acceptors (Lipinski definition) is 2. The Morgan fingerprint density at radius 2 is 2.27 bits per heavy atom. The summed E-state index contributed by atoms with van der Waals surface area (Å²) < 4.78 is 1.98. The molecule has 5 heteroatoms. The van der Waals surface area contributed by atoms with Crippen LogP contribution in [0.4, 0.5) is 0 Å². The van der Waals surface area contributed by atoms with Crippen molar-refractivity contribution in [3.63, 3.8) is 0 Å². The largest absolute Gasteiger partial charge is 0.311 e. The maximum Gasteiger partial charge on any atom is 0.156 e. The van der Waals surface area contributed by atoms with Crippen molar-refractivity contribution in [3.05, 3.63) is 33.7 Å². The Labute approximate surface area is 97.0 Å². The van der Waals surface area contributed by atoms with Crippen LogP contribution in [0.2, 0.25) is 10.0 Å². The van der Waals surface area contributed by atoms with E-state index in [0.717, 1.165) is 30.9 Å². The Bertz CT molecular complexity index is 533. The van der Waals surface area contributed by atoms with Crippen LogP contribution in [0.5, 0.6) is 0 Å². The third-order valence-corrected chi connectivity index (χ3v) is 3.14. The monoisotopic (exact) mass is 241 g/mol. The van der Waals surface area contributed by atoms with Gasteiger partial charge in [-0.05, 0) is 6.07 Å². The van der Waals surface area contributed by atoms with E-state index in [1.165, 1.54) is 5.69 Å². The topological polar surface area (TPSA) is 29.3 Å². The predicted molar refractivity (Wildman–Crippen MR) is 60.6 cm³/mol. The predicted octanol–water partition coefficient (Wildman–Crippen LogP) is 2.29. The zero-order chi connectivity index (χ0) is 10.4. The maximum absolute atomic E-state index is 6.09. The highest BCUT2D eigenvalue weighted by atomic mass is 35.5. The number of nitrogens with zero attached hydrogens (tertiary/aromatic N) is 2. The first-order chi connectivity index (χ1) is 7.25. The summed E-state index contributed by atoms with van der Waals surface area (Å²) in [6, 6.07) is 1.73. The van der Waals surface area contributed by atoms with E-state index in [-0.39, 0.29) is 0 Å². The van der Waals surface area contributed by atoms with E-state index in [0.29, 0.717) is 10.0 Å². The number of hydrogen-bond donors (Lipinski definition) is 1. The van der Waals surface area contributed by atoms with Crippen LogP contribution in [-0.2, 0) is 13.0 Å². The zero-order valence-electron chi connectivity index (χ0n) is 7.93. The standard InChI is InChI=1S/C10H9Cl2N3/c11-6-3-7(12)10-14-8-1-2-13-4-9(8)15(10)5-6/h3,5,13H,1-2,4H2.